The Bertz CT molecular complexity index is 702. The number of H-pyrrole nitrogens is 1. The van der Waals surface area contributed by atoms with Crippen LogP contribution in [0.2, 0.25) is 10.0 Å². The smallest absolute Gasteiger partial charge is 0.137 e. The summed E-state index contributed by atoms with van der Waals surface area (Å²) in [7, 11) is 0. The minimum atomic E-state index is 0.170. The minimum absolute atomic E-state index is 0.170. The van der Waals surface area contributed by atoms with Gasteiger partial charge in [-0.25, -0.2) is 0 Å². The molecular weight excluding hydrogens is 269 g/mol. The molecule has 0 saturated carbocycles. The maximum atomic E-state index is 8.98. The van der Waals surface area contributed by atoms with Crippen molar-refractivity contribution in [1.82, 2.24) is 4.98 Å². The second-order valence-electron chi connectivity index (χ2n) is 3.75. The first kappa shape index (κ1) is 12.5. The van der Waals surface area contributed by atoms with Crippen LogP contribution in [-0.2, 0) is 0 Å². The highest BCUT2D eigenvalue weighted by Gasteiger charge is 2.17. The van der Waals surface area contributed by atoms with Crippen LogP contribution in [0.5, 0.6) is 0 Å². The number of aryl methyl sites for hydroxylation is 1. The van der Waals surface area contributed by atoms with Gasteiger partial charge in [0.15, 0.2) is 0 Å². The van der Waals surface area contributed by atoms with Gasteiger partial charge in [0.05, 0.1) is 10.7 Å². The lowest BCUT2D eigenvalue weighted by atomic mass is 10.1. The fourth-order valence-electron chi connectivity index (χ4n) is 1.76. The van der Waals surface area contributed by atoms with Crippen LogP contribution in [0.15, 0.2) is 18.2 Å². The Balaban J connectivity index is 2.70. The van der Waals surface area contributed by atoms with E-state index < -0.39 is 0 Å². The largest absolute Gasteiger partial charge is 0.344 e. The third-order valence-electron chi connectivity index (χ3n) is 2.62. The molecule has 0 radical (unpaired) electrons. The van der Waals surface area contributed by atoms with Crippen molar-refractivity contribution in [2.24, 2.45) is 0 Å². The molecule has 0 aliphatic heterocycles. The molecule has 0 saturated heterocycles. The van der Waals surface area contributed by atoms with E-state index in [0.717, 1.165) is 11.1 Å². The Morgan fingerprint density at radius 3 is 2.39 bits per heavy atom. The molecule has 1 aromatic heterocycles. The van der Waals surface area contributed by atoms with Crippen molar-refractivity contribution in [3.8, 4) is 23.4 Å². The normalized spacial score (nSPS) is 9.83. The van der Waals surface area contributed by atoms with Crippen LogP contribution >= 0.6 is 23.2 Å². The van der Waals surface area contributed by atoms with Gasteiger partial charge in [-0.3, -0.25) is 0 Å². The standard InChI is InChI=1S/C13H7Cl2N3/c1-7-4-8(14)2-3-9(7)13-12(15)10(5-16)11(6-17)18-13/h2-4,18H,1H3. The summed E-state index contributed by atoms with van der Waals surface area (Å²) >= 11 is 12.0. The minimum Gasteiger partial charge on any atom is -0.344 e. The number of nitrogens with one attached hydrogen (secondary N) is 1. The molecule has 18 heavy (non-hydrogen) atoms. The molecular formula is C13H7Cl2N3. The predicted molar refractivity (Wildman–Crippen MR) is 70.4 cm³/mol. The number of rotatable bonds is 1. The zero-order chi connectivity index (χ0) is 13.3. The van der Waals surface area contributed by atoms with E-state index in [9.17, 15) is 0 Å². The van der Waals surface area contributed by atoms with Crippen LogP contribution in [-0.4, -0.2) is 4.98 Å². The Morgan fingerprint density at radius 1 is 1.17 bits per heavy atom. The Morgan fingerprint density at radius 2 is 1.89 bits per heavy atom. The van der Waals surface area contributed by atoms with Crippen LogP contribution < -0.4 is 0 Å². The van der Waals surface area contributed by atoms with Crippen molar-refractivity contribution in [2.45, 2.75) is 6.92 Å². The third-order valence-corrected chi connectivity index (χ3v) is 3.23. The zero-order valence-electron chi connectivity index (χ0n) is 9.38. The van der Waals surface area contributed by atoms with E-state index in [4.69, 9.17) is 33.7 Å². The number of hydrogen-bond donors (Lipinski definition) is 1. The number of nitriles is 2. The molecule has 1 aromatic carbocycles. The summed E-state index contributed by atoms with van der Waals surface area (Å²) in [6, 6.07) is 9.18. The molecule has 2 rings (SSSR count). The van der Waals surface area contributed by atoms with Gasteiger partial charge in [-0.05, 0) is 24.6 Å². The van der Waals surface area contributed by atoms with Crippen LogP contribution in [0.1, 0.15) is 16.8 Å². The fraction of sp³-hybridized carbons (Fsp3) is 0.0769. The van der Waals surface area contributed by atoms with Gasteiger partial charge in [0.2, 0.25) is 0 Å². The number of hydrogen-bond acceptors (Lipinski definition) is 2. The SMILES string of the molecule is Cc1cc(Cl)ccc1-c1[nH]c(C#N)c(C#N)c1Cl. The van der Waals surface area contributed by atoms with Crippen molar-refractivity contribution in [2.75, 3.05) is 0 Å². The maximum Gasteiger partial charge on any atom is 0.137 e. The van der Waals surface area contributed by atoms with Crippen molar-refractivity contribution in [1.29, 1.82) is 10.5 Å². The van der Waals surface area contributed by atoms with Gasteiger partial charge in [-0.1, -0.05) is 29.3 Å². The van der Waals surface area contributed by atoms with E-state index in [0.29, 0.717) is 10.7 Å². The lowest BCUT2D eigenvalue weighted by molar-refractivity contribution is 1.31. The molecule has 0 bridgehead atoms. The van der Waals surface area contributed by atoms with E-state index in [-0.39, 0.29) is 16.3 Å². The number of aromatic nitrogens is 1. The molecule has 3 nitrogen and oxygen atoms in total. The molecule has 0 aliphatic carbocycles. The van der Waals surface area contributed by atoms with Gasteiger partial charge >= 0.3 is 0 Å². The summed E-state index contributed by atoms with van der Waals surface area (Å²) in [4.78, 5) is 2.87. The average molecular weight is 276 g/mol. The Labute approximate surface area is 114 Å². The lowest BCUT2D eigenvalue weighted by Gasteiger charge is -2.04. The van der Waals surface area contributed by atoms with E-state index in [1.807, 2.05) is 19.1 Å². The van der Waals surface area contributed by atoms with Gasteiger partial charge in [0.25, 0.3) is 0 Å². The summed E-state index contributed by atoms with van der Waals surface area (Å²) in [6.07, 6.45) is 0. The summed E-state index contributed by atoms with van der Waals surface area (Å²) in [5.74, 6) is 0. The molecule has 0 atom stereocenters. The number of halogens is 2. The lowest BCUT2D eigenvalue weighted by Crippen LogP contribution is -1.84. The summed E-state index contributed by atoms with van der Waals surface area (Å²) in [5.41, 5.74) is 2.65. The first-order chi connectivity index (χ1) is 8.58. The van der Waals surface area contributed by atoms with E-state index in [1.54, 1.807) is 18.2 Å². The monoisotopic (exact) mass is 275 g/mol. The molecule has 0 unspecified atom stereocenters. The van der Waals surface area contributed by atoms with E-state index in [1.165, 1.54) is 0 Å². The maximum absolute atomic E-state index is 8.98. The fourth-order valence-corrected chi connectivity index (χ4v) is 2.27. The summed E-state index contributed by atoms with van der Waals surface area (Å²) in [6.45, 7) is 1.89. The molecule has 88 valence electrons. The highest BCUT2D eigenvalue weighted by atomic mass is 35.5. The van der Waals surface area contributed by atoms with Crippen molar-refractivity contribution in [3.05, 3.63) is 45.1 Å². The number of benzene rings is 1. The highest BCUT2D eigenvalue weighted by molar-refractivity contribution is 6.34. The highest BCUT2D eigenvalue weighted by Crippen LogP contribution is 2.34. The van der Waals surface area contributed by atoms with Crippen LogP contribution in [0.3, 0.4) is 0 Å². The molecule has 5 heteroatoms. The van der Waals surface area contributed by atoms with Crippen LogP contribution in [0, 0.1) is 29.6 Å². The quantitative estimate of drug-likeness (QED) is 0.854. The second kappa shape index (κ2) is 4.74. The Hall–Kier alpha value is -1.94. The van der Waals surface area contributed by atoms with Crippen molar-refractivity contribution >= 4 is 23.2 Å². The van der Waals surface area contributed by atoms with Crippen molar-refractivity contribution < 1.29 is 0 Å². The molecule has 0 fully saturated rings. The average Bonchev–Trinajstić information content (AvgIpc) is 2.66. The molecule has 1 heterocycles. The van der Waals surface area contributed by atoms with Gasteiger partial charge in [-0.2, -0.15) is 10.5 Å². The predicted octanol–water partition coefficient (Wildman–Crippen LogP) is 4.04. The zero-order valence-corrected chi connectivity index (χ0v) is 10.9. The van der Waals surface area contributed by atoms with Crippen molar-refractivity contribution in [3.63, 3.8) is 0 Å². The number of aromatic amines is 1. The Kier molecular flexibility index (Phi) is 3.30. The van der Waals surface area contributed by atoms with Gasteiger partial charge in [0, 0.05) is 10.6 Å². The van der Waals surface area contributed by atoms with E-state index in [2.05, 4.69) is 4.98 Å². The topological polar surface area (TPSA) is 63.4 Å². The summed E-state index contributed by atoms with van der Waals surface area (Å²) < 4.78 is 0. The number of nitrogens with zero attached hydrogens (tertiary/aromatic N) is 2. The van der Waals surface area contributed by atoms with Gasteiger partial charge in [-0.15, -0.1) is 0 Å². The molecule has 1 N–H and O–H groups in total. The van der Waals surface area contributed by atoms with Gasteiger partial charge in [0.1, 0.15) is 23.4 Å². The first-order valence-corrected chi connectivity index (χ1v) is 5.82. The second-order valence-corrected chi connectivity index (χ2v) is 4.56. The molecule has 0 aliphatic rings. The van der Waals surface area contributed by atoms with E-state index >= 15 is 0 Å². The van der Waals surface area contributed by atoms with Gasteiger partial charge < -0.3 is 4.98 Å². The molecule has 2 aromatic rings. The molecule has 0 amide bonds. The summed E-state index contributed by atoms with van der Waals surface area (Å²) in [5, 5.41) is 18.8. The van der Waals surface area contributed by atoms with Crippen LogP contribution in [0.25, 0.3) is 11.3 Å². The third kappa shape index (κ3) is 1.95. The molecule has 0 spiro atoms. The van der Waals surface area contributed by atoms with Crippen LogP contribution in [0.4, 0.5) is 0 Å². The first-order valence-electron chi connectivity index (χ1n) is 5.06.